The lowest BCUT2D eigenvalue weighted by atomic mass is 10.2. The maximum Gasteiger partial charge on any atom is 0.301 e. The Morgan fingerprint density at radius 1 is 1.35 bits per heavy atom. The minimum absolute atomic E-state index is 0.121. The van der Waals surface area contributed by atoms with Crippen molar-refractivity contribution in [3.05, 3.63) is 33.9 Å². The molecule has 0 atom stereocenters. The Balaban J connectivity index is 3.10. The lowest BCUT2D eigenvalue weighted by molar-refractivity contribution is -0.385. The molecule has 0 saturated carbocycles. The number of nitrogens with one attached hydrogen (secondary N) is 1. The van der Waals surface area contributed by atoms with Crippen LogP contribution in [0.1, 0.15) is 5.56 Å². The monoisotopic (exact) mass is 259 g/mol. The van der Waals surface area contributed by atoms with Crippen molar-refractivity contribution in [3.63, 3.8) is 0 Å². The summed E-state index contributed by atoms with van der Waals surface area (Å²) in [5.41, 5.74) is 0.516. The number of benzene rings is 1. The zero-order chi connectivity index (χ0) is 13.2. The average Bonchev–Trinajstić information content (AvgIpc) is 2.20. The maximum absolute atomic E-state index is 11.5. The van der Waals surface area contributed by atoms with Crippen LogP contribution < -0.4 is 4.72 Å². The van der Waals surface area contributed by atoms with E-state index in [1.54, 1.807) is 6.92 Å². The normalized spacial score (nSPS) is 11.5. The van der Waals surface area contributed by atoms with Gasteiger partial charge in [0.2, 0.25) is 0 Å². The van der Waals surface area contributed by atoms with Gasteiger partial charge in [-0.25, -0.2) is 0 Å². The van der Waals surface area contributed by atoms with Crippen molar-refractivity contribution < 1.29 is 13.3 Å². The van der Waals surface area contributed by atoms with Gasteiger partial charge < -0.3 is 0 Å². The molecular weight excluding hydrogens is 246 g/mol. The van der Waals surface area contributed by atoms with E-state index in [-0.39, 0.29) is 11.4 Å². The van der Waals surface area contributed by atoms with Crippen LogP contribution in [0.25, 0.3) is 0 Å². The van der Waals surface area contributed by atoms with Crippen molar-refractivity contribution in [1.29, 1.82) is 0 Å². The van der Waals surface area contributed by atoms with Gasteiger partial charge in [0.15, 0.2) is 0 Å². The zero-order valence-corrected chi connectivity index (χ0v) is 10.5. The van der Waals surface area contributed by atoms with E-state index in [2.05, 4.69) is 4.72 Å². The number of rotatable bonds is 4. The van der Waals surface area contributed by atoms with Gasteiger partial charge in [0.1, 0.15) is 0 Å². The molecule has 0 spiro atoms. The summed E-state index contributed by atoms with van der Waals surface area (Å²) in [4.78, 5) is 10.1. The molecule has 1 aromatic rings. The predicted molar refractivity (Wildman–Crippen MR) is 64.1 cm³/mol. The minimum Gasteiger partial charge on any atom is -0.271 e. The molecule has 0 saturated heterocycles. The molecule has 0 aliphatic carbocycles. The van der Waals surface area contributed by atoms with E-state index in [4.69, 9.17) is 0 Å². The topological polar surface area (TPSA) is 92.6 Å². The van der Waals surface area contributed by atoms with Gasteiger partial charge in [0.05, 0.1) is 10.6 Å². The first-order valence-electron chi connectivity index (χ1n) is 4.69. The number of hydrogen-bond acceptors (Lipinski definition) is 4. The van der Waals surface area contributed by atoms with Gasteiger partial charge in [-0.2, -0.15) is 12.7 Å². The van der Waals surface area contributed by atoms with Gasteiger partial charge in [-0.1, -0.05) is 6.07 Å². The summed E-state index contributed by atoms with van der Waals surface area (Å²) in [6, 6.07) is 4.16. The number of nitro benzene ring substituents is 1. The summed E-state index contributed by atoms with van der Waals surface area (Å²) >= 11 is 0. The molecule has 0 aliphatic rings. The highest BCUT2D eigenvalue weighted by atomic mass is 32.2. The first kappa shape index (κ1) is 13.4. The molecule has 0 unspecified atom stereocenters. The second kappa shape index (κ2) is 4.68. The number of aryl methyl sites for hydroxylation is 1. The fourth-order valence-corrected chi connectivity index (χ4v) is 1.72. The van der Waals surface area contributed by atoms with E-state index in [1.807, 2.05) is 0 Å². The van der Waals surface area contributed by atoms with E-state index in [1.165, 1.54) is 32.3 Å². The molecule has 8 heteroatoms. The molecule has 0 bridgehead atoms. The van der Waals surface area contributed by atoms with E-state index in [9.17, 15) is 18.5 Å². The number of nitro groups is 1. The first-order chi connectivity index (χ1) is 7.74. The highest BCUT2D eigenvalue weighted by Gasteiger charge is 2.16. The van der Waals surface area contributed by atoms with Gasteiger partial charge in [-0.3, -0.25) is 14.8 Å². The summed E-state index contributed by atoms with van der Waals surface area (Å²) in [7, 11) is -0.914. The van der Waals surface area contributed by atoms with Crippen molar-refractivity contribution in [3.8, 4) is 0 Å². The summed E-state index contributed by atoms with van der Waals surface area (Å²) in [6.45, 7) is 1.59. The molecular formula is C9H13N3O4S. The Morgan fingerprint density at radius 2 is 1.94 bits per heavy atom. The van der Waals surface area contributed by atoms with Gasteiger partial charge in [0.25, 0.3) is 5.69 Å². The van der Waals surface area contributed by atoms with Gasteiger partial charge in [0, 0.05) is 25.7 Å². The van der Waals surface area contributed by atoms with Crippen LogP contribution in [0.15, 0.2) is 18.2 Å². The predicted octanol–water partition coefficient (Wildman–Crippen LogP) is 1.12. The second-order valence-electron chi connectivity index (χ2n) is 3.65. The SMILES string of the molecule is Cc1ccc(NS(=O)(=O)N(C)C)cc1[N+](=O)[O-]. The molecule has 1 aromatic carbocycles. The molecule has 1 N–H and O–H groups in total. The van der Waals surface area contributed by atoms with Crippen LogP contribution in [-0.2, 0) is 10.2 Å². The van der Waals surface area contributed by atoms with Crippen molar-refractivity contribution in [2.24, 2.45) is 0 Å². The quantitative estimate of drug-likeness (QED) is 0.647. The third-order valence-corrected chi connectivity index (χ3v) is 3.59. The van der Waals surface area contributed by atoms with E-state index >= 15 is 0 Å². The Labute approximate surface area is 99.4 Å². The Bertz CT molecular complexity index is 539. The molecule has 0 radical (unpaired) electrons. The van der Waals surface area contributed by atoms with Crippen LogP contribution in [-0.4, -0.2) is 31.7 Å². The lowest BCUT2D eigenvalue weighted by Gasteiger charge is -2.13. The molecule has 0 aliphatic heterocycles. The third-order valence-electron chi connectivity index (χ3n) is 2.13. The molecule has 0 amide bonds. The number of nitrogens with zero attached hydrogens (tertiary/aromatic N) is 2. The zero-order valence-electron chi connectivity index (χ0n) is 9.67. The highest BCUT2D eigenvalue weighted by molar-refractivity contribution is 7.90. The third kappa shape index (κ3) is 3.14. The van der Waals surface area contributed by atoms with Crippen LogP contribution in [0, 0.1) is 17.0 Å². The van der Waals surface area contributed by atoms with Crippen molar-refractivity contribution in [2.45, 2.75) is 6.92 Å². The average molecular weight is 259 g/mol. The molecule has 0 heterocycles. The molecule has 0 fully saturated rings. The maximum atomic E-state index is 11.5. The standard InChI is InChI=1S/C9H13N3O4S/c1-7-4-5-8(6-9(7)12(13)14)10-17(15,16)11(2)3/h4-6,10H,1-3H3. The first-order valence-corrected chi connectivity index (χ1v) is 6.13. The largest absolute Gasteiger partial charge is 0.301 e. The van der Waals surface area contributed by atoms with Gasteiger partial charge in [-0.15, -0.1) is 0 Å². The summed E-state index contributed by atoms with van der Waals surface area (Å²) in [5.74, 6) is 0. The highest BCUT2D eigenvalue weighted by Crippen LogP contribution is 2.23. The van der Waals surface area contributed by atoms with Gasteiger partial charge >= 0.3 is 10.2 Å². The van der Waals surface area contributed by atoms with Crippen LogP contribution in [0.5, 0.6) is 0 Å². The number of anilines is 1. The van der Waals surface area contributed by atoms with Gasteiger partial charge in [-0.05, 0) is 13.0 Å². The smallest absolute Gasteiger partial charge is 0.271 e. The van der Waals surface area contributed by atoms with Crippen molar-refractivity contribution >= 4 is 21.6 Å². The van der Waals surface area contributed by atoms with Crippen LogP contribution >= 0.6 is 0 Å². The molecule has 7 nitrogen and oxygen atoms in total. The van der Waals surface area contributed by atoms with Crippen LogP contribution in [0.4, 0.5) is 11.4 Å². The Hall–Kier alpha value is -1.67. The summed E-state index contributed by atoms with van der Waals surface area (Å²) in [5, 5.41) is 10.7. The van der Waals surface area contributed by atoms with Crippen molar-refractivity contribution in [2.75, 3.05) is 18.8 Å². The second-order valence-corrected chi connectivity index (χ2v) is 5.53. The summed E-state index contributed by atoms with van der Waals surface area (Å²) < 4.78 is 26.2. The molecule has 94 valence electrons. The molecule has 0 aromatic heterocycles. The Kier molecular flexibility index (Phi) is 3.69. The van der Waals surface area contributed by atoms with Crippen molar-refractivity contribution in [1.82, 2.24) is 4.31 Å². The van der Waals surface area contributed by atoms with E-state index < -0.39 is 15.1 Å². The fraction of sp³-hybridized carbons (Fsp3) is 0.333. The fourth-order valence-electron chi connectivity index (χ4n) is 1.11. The minimum atomic E-state index is -3.65. The summed E-state index contributed by atoms with van der Waals surface area (Å²) in [6.07, 6.45) is 0. The van der Waals surface area contributed by atoms with E-state index in [0.717, 1.165) is 4.31 Å². The Morgan fingerprint density at radius 3 is 2.41 bits per heavy atom. The molecule has 1 rings (SSSR count). The lowest BCUT2D eigenvalue weighted by Crippen LogP contribution is -2.28. The van der Waals surface area contributed by atoms with Crippen LogP contribution in [0.3, 0.4) is 0 Å². The number of hydrogen-bond donors (Lipinski definition) is 1. The van der Waals surface area contributed by atoms with Crippen LogP contribution in [0.2, 0.25) is 0 Å². The van der Waals surface area contributed by atoms with E-state index in [0.29, 0.717) is 5.56 Å². The molecule has 17 heavy (non-hydrogen) atoms.